The molecule has 0 saturated heterocycles. The Labute approximate surface area is 111 Å². The Bertz CT molecular complexity index is 514. The monoisotopic (exact) mass is 314 g/mol. The summed E-state index contributed by atoms with van der Waals surface area (Å²) >= 11 is 6.91. The Kier molecular flexibility index (Phi) is 2.66. The van der Waals surface area contributed by atoms with Crippen LogP contribution in [0.5, 0.6) is 0 Å². The van der Waals surface area contributed by atoms with Crippen LogP contribution in [0.4, 0.5) is 0 Å². The zero-order valence-electron chi connectivity index (χ0n) is 8.57. The van der Waals surface area contributed by atoms with Gasteiger partial charge >= 0.3 is 0 Å². The number of thiazole rings is 1. The van der Waals surface area contributed by atoms with Crippen LogP contribution in [0.15, 0.2) is 21.3 Å². The highest BCUT2D eigenvalue weighted by Gasteiger charge is 2.38. The first-order valence-corrected chi connectivity index (χ1v) is 7.63. The van der Waals surface area contributed by atoms with E-state index in [0.29, 0.717) is 0 Å². The molecule has 0 bridgehead atoms. The van der Waals surface area contributed by atoms with Gasteiger partial charge in [-0.2, -0.15) is 0 Å². The third-order valence-electron chi connectivity index (χ3n) is 2.77. The zero-order chi connectivity index (χ0) is 11.2. The molecule has 0 unspecified atom stereocenters. The topological polar surface area (TPSA) is 38.9 Å². The van der Waals surface area contributed by atoms with E-state index in [1.807, 2.05) is 0 Å². The van der Waals surface area contributed by atoms with Gasteiger partial charge in [-0.05, 0) is 40.9 Å². The SMILES string of the molecule is NC1(Cc2nc(-c3ccc(Br)s3)cs2)CC1. The summed E-state index contributed by atoms with van der Waals surface area (Å²) in [5, 5.41) is 3.29. The van der Waals surface area contributed by atoms with Crippen LogP contribution >= 0.6 is 38.6 Å². The summed E-state index contributed by atoms with van der Waals surface area (Å²) in [7, 11) is 0. The fraction of sp³-hybridized carbons (Fsp3) is 0.364. The molecule has 1 fully saturated rings. The first-order valence-electron chi connectivity index (χ1n) is 5.14. The van der Waals surface area contributed by atoms with Gasteiger partial charge in [0.25, 0.3) is 0 Å². The van der Waals surface area contributed by atoms with Gasteiger partial charge in [0.2, 0.25) is 0 Å². The van der Waals surface area contributed by atoms with Crippen LogP contribution < -0.4 is 5.73 Å². The quantitative estimate of drug-likeness (QED) is 0.938. The lowest BCUT2D eigenvalue weighted by Crippen LogP contribution is -2.24. The molecule has 0 amide bonds. The average Bonchev–Trinajstić information content (AvgIpc) is 2.69. The predicted molar refractivity (Wildman–Crippen MR) is 73.0 cm³/mol. The summed E-state index contributed by atoms with van der Waals surface area (Å²) in [6.07, 6.45) is 3.23. The maximum Gasteiger partial charge on any atom is 0.0951 e. The minimum Gasteiger partial charge on any atom is -0.325 e. The summed E-state index contributed by atoms with van der Waals surface area (Å²) in [5.41, 5.74) is 7.24. The molecule has 0 aromatic carbocycles. The maximum atomic E-state index is 6.09. The molecular weight excluding hydrogens is 304 g/mol. The number of aromatic nitrogens is 1. The Morgan fingerprint density at radius 2 is 2.25 bits per heavy atom. The van der Waals surface area contributed by atoms with E-state index >= 15 is 0 Å². The van der Waals surface area contributed by atoms with Crippen molar-refractivity contribution in [2.45, 2.75) is 24.8 Å². The van der Waals surface area contributed by atoms with Gasteiger partial charge in [-0.15, -0.1) is 22.7 Å². The van der Waals surface area contributed by atoms with Crippen LogP contribution in [0.3, 0.4) is 0 Å². The first-order chi connectivity index (χ1) is 7.65. The largest absolute Gasteiger partial charge is 0.325 e. The highest BCUT2D eigenvalue weighted by Crippen LogP contribution is 2.38. The van der Waals surface area contributed by atoms with Gasteiger partial charge in [-0.25, -0.2) is 4.98 Å². The van der Waals surface area contributed by atoms with Crippen molar-refractivity contribution in [2.24, 2.45) is 5.73 Å². The van der Waals surface area contributed by atoms with Crippen LogP contribution in [0.25, 0.3) is 10.6 Å². The third-order valence-corrected chi connectivity index (χ3v) is 5.27. The van der Waals surface area contributed by atoms with Crippen molar-refractivity contribution in [2.75, 3.05) is 0 Å². The standard InChI is InChI=1S/C11H11BrN2S2/c12-9-2-1-8(16-9)7-6-15-10(14-7)5-11(13)3-4-11/h1-2,6H,3-5,13H2. The van der Waals surface area contributed by atoms with Crippen LogP contribution in [-0.4, -0.2) is 10.5 Å². The van der Waals surface area contributed by atoms with E-state index in [-0.39, 0.29) is 5.54 Å². The van der Waals surface area contributed by atoms with Crippen molar-refractivity contribution in [1.29, 1.82) is 0 Å². The lowest BCUT2D eigenvalue weighted by molar-refractivity contribution is 0.669. The van der Waals surface area contributed by atoms with Gasteiger partial charge in [0.05, 0.1) is 19.4 Å². The number of hydrogen-bond acceptors (Lipinski definition) is 4. The summed E-state index contributed by atoms with van der Waals surface area (Å²) in [6, 6.07) is 4.16. The molecule has 1 aliphatic rings. The molecule has 84 valence electrons. The second-order valence-electron chi connectivity index (χ2n) is 4.27. The molecule has 16 heavy (non-hydrogen) atoms. The molecule has 3 rings (SSSR count). The molecule has 5 heteroatoms. The minimum atomic E-state index is 0.0607. The molecule has 2 nitrogen and oxygen atoms in total. The fourth-order valence-electron chi connectivity index (χ4n) is 1.60. The Hall–Kier alpha value is -0.230. The van der Waals surface area contributed by atoms with E-state index < -0.39 is 0 Å². The molecule has 2 N–H and O–H groups in total. The van der Waals surface area contributed by atoms with Gasteiger partial charge in [0.15, 0.2) is 0 Å². The van der Waals surface area contributed by atoms with Crippen molar-refractivity contribution in [1.82, 2.24) is 4.98 Å². The van der Waals surface area contributed by atoms with Gasteiger partial charge in [0, 0.05) is 17.3 Å². The van der Waals surface area contributed by atoms with E-state index in [9.17, 15) is 0 Å². The highest BCUT2D eigenvalue weighted by molar-refractivity contribution is 9.11. The van der Waals surface area contributed by atoms with Crippen LogP contribution in [0.1, 0.15) is 17.8 Å². The summed E-state index contributed by atoms with van der Waals surface area (Å²) < 4.78 is 1.15. The van der Waals surface area contributed by atoms with Gasteiger partial charge in [-0.3, -0.25) is 0 Å². The predicted octanol–water partition coefficient (Wildman–Crippen LogP) is 3.67. The Morgan fingerprint density at radius 3 is 2.88 bits per heavy atom. The molecule has 0 atom stereocenters. The van der Waals surface area contributed by atoms with Crippen LogP contribution in [-0.2, 0) is 6.42 Å². The Morgan fingerprint density at radius 1 is 1.44 bits per heavy atom. The molecular formula is C11H11BrN2S2. The lowest BCUT2D eigenvalue weighted by Gasteiger charge is -2.03. The second kappa shape index (κ2) is 3.91. The summed E-state index contributed by atoms with van der Waals surface area (Å²) in [5.74, 6) is 0. The van der Waals surface area contributed by atoms with Crippen molar-refractivity contribution < 1.29 is 0 Å². The smallest absolute Gasteiger partial charge is 0.0951 e. The van der Waals surface area contributed by atoms with Crippen molar-refractivity contribution in [3.63, 3.8) is 0 Å². The molecule has 2 heterocycles. The molecule has 0 aliphatic heterocycles. The number of rotatable bonds is 3. The number of halogens is 1. The highest BCUT2D eigenvalue weighted by atomic mass is 79.9. The third kappa shape index (κ3) is 2.22. The summed E-state index contributed by atoms with van der Waals surface area (Å²) in [6.45, 7) is 0. The van der Waals surface area contributed by atoms with Crippen LogP contribution in [0, 0.1) is 0 Å². The summed E-state index contributed by atoms with van der Waals surface area (Å²) in [4.78, 5) is 5.87. The van der Waals surface area contributed by atoms with E-state index in [1.165, 1.54) is 9.88 Å². The second-order valence-corrected chi connectivity index (χ2v) is 7.68. The number of hydrogen-bond donors (Lipinski definition) is 1. The zero-order valence-corrected chi connectivity index (χ0v) is 11.8. The lowest BCUT2D eigenvalue weighted by atomic mass is 10.2. The minimum absolute atomic E-state index is 0.0607. The van der Waals surface area contributed by atoms with E-state index in [4.69, 9.17) is 5.73 Å². The molecule has 0 spiro atoms. The van der Waals surface area contributed by atoms with E-state index in [1.54, 1.807) is 22.7 Å². The van der Waals surface area contributed by atoms with E-state index in [0.717, 1.165) is 28.7 Å². The van der Waals surface area contributed by atoms with Crippen LogP contribution in [0.2, 0.25) is 0 Å². The molecule has 2 aromatic rings. The average molecular weight is 315 g/mol. The number of nitrogens with two attached hydrogens (primary N) is 1. The van der Waals surface area contributed by atoms with Crippen molar-refractivity contribution >= 4 is 38.6 Å². The van der Waals surface area contributed by atoms with Crippen molar-refractivity contribution in [3.05, 3.63) is 26.3 Å². The first kappa shape index (κ1) is 10.9. The van der Waals surface area contributed by atoms with Gasteiger partial charge in [0.1, 0.15) is 0 Å². The molecule has 0 radical (unpaired) electrons. The number of thiophene rings is 1. The molecule has 1 saturated carbocycles. The fourth-order valence-corrected chi connectivity index (χ4v) is 3.97. The molecule has 2 aromatic heterocycles. The van der Waals surface area contributed by atoms with Gasteiger partial charge < -0.3 is 5.73 Å². The van der Waals surface area contributed by atoms with Crippen molar-refractivity contribution in [3.8, 4) is 10.6 Å². The number of nitrogens with zero attached hydrogens (tertiary/aromatic N) is 1. The van der Waals surface area contributed by atoms with E-state index in [2.05, 4.69) is 38.4 Å². The normalized spacial score (nSPS) is 17.6. The Balaban J connectivity index is 1.82. The maximum absolute atomic E-state index is 6.09. The molecule has 1 aliphatic carbocycles. The van der Waals surface area contributed by atoms with Gasteiger partial charge in [-0.1, -0.05) is 0 Å².